The highest BCUT2D eigenvalue weighted by Crippen LogP contribution is 2.35. The van der Waals surface area contributed by atoms with Gasteiger partial charge in [0, 0.05) is 19.0 Å². The minimum Gasteiger partial charge on any atom is -0.335 e. The number of likely N-dealkylation sites (tertiary alicyclic amines) is 1. The van der Waals surface area contributed by atoms with E-state index in [1.54, 1.807) is 6.07 Å². The summed E-state index contributed by atoms with van der Waals surface area (Å²) >= 11 is 0. The van der Waals surface area contributed by atoms with Crippen LogP contribution in [0.5, 0.6) is 0 Å². The highest BCUT2D eigenvalue weighted by atomic mass is 19.1. The molecule has 110 valence electrons. The molecule has 4 heteroatoms. The maximum Gasteiger partial charge on any atom is 0.223 e. The third-order valence-electron chi connectivity index (χ3n) is 3.88. The average molecular weight is 278 g/mol. The SMILES string of the molecule is CC(N)CCC(=O)N1CC(C)CC1c1cccc(F)c1. The van der Waals surface area contributed by atoms with Crippen LogP contribution in [0.3, 0.4) is 0 Å². The molecule has 1 heterocycles. The van der Waals surface area contributed by atoms with Gasteiger partial charge in [-0.05, 0) is 43.4 Å². The van der Waals surface area contributed by atoms with Crippen LogP contribution < -0.4 is 5.73 Å². The van der Waals surface area contributed by atoms with Crippen LogP contribution in [-0.4, -0.2) is 23.4 Å². The first-order valence-electron chi connectivity index (χ1n) is 7.28. The molecule has 0 spiro atoms. The predicted molar refractivity (Wildman–Crippen MR) is 77.5 cm³/mol. The van der Waals surface area contributed by atoms with Gasteiger partial charge >= 0.3 is 0 Å². The zero-order chi connectivity index (χ0) is 14.7. The summed E-state index contributed by atoms with van der Waals surface area (Å²) in [5.41, 5.74) is 6.60. The summed E-state index contributed by atoms with van der Waals surface area (Å²) in [5, 5.41) is 0. The monoisotopic (exact) mass is 278 g/mol. The van der Waals surface area contributed by atoms with Crippen molar-refractivity contribution in [3.63, 3.8) is 0 Å². The Morgan fingerprint density at radius 3 is 2.95 bits per heavy atom. The number of carbonyl (C=O) groups is 1. The van der Waals surface area contributed by atoms with Gasteiger partial charge in [-0.15, -0.1) is 0 Å². The molecule has 0 aliphatic carbocycles. The Kier molecular flexibility index (Phi) is 4.76. The number of nitrogens with two attached hydrogens (primary N) is 1. The van der Waals surface area contributed by atoms with Gasteiger partial charge in [-0.2, -0.15) is 0 Å². The first kappa shape index (κ1) is 15.0. The Morgan fingerprint density at radius 2 is 2.30 bits per heavy atom. The lowest BCUT2D eigenvalue weighted by molar-refractivity contribution is -0.132. The average Bonchev–Trinajstić information content (AvgIpc) is 2.78. The van der Waals surface area contributed by atoms with Crippen LogP contribution in [0.4, 0.5) is 4.39 Å². The number of halogens is 1. The number of benzene rings is 1. The summed E-state index contributed by atoms with van der Waals surface area (Å²) in [5.74, 6) is 0.327. The van der Waals surface area contributed by atoms with Gasteiger partial charge < -0.3 is 10.6 Å². The quantitative estimate of drug-likeness (QED) is 0.920. The van der Waals surface area contributed by atoms with Gasteiger partial charge in [0.1, 0.15) is 5.82 Å². The number of carbonyl (C=O) groups excluding carboxylic acids is 1. The Balaban J connectivity index is 2.12. The fraction of sp³-hybridized carbons (Fsp3) is 0.562. The van der Waals surface area contributed by atoms with E-state index in [2.05, 4.69) is 6.92 Å². The fourth-order valence-corrected chi connectivity index (χ4v) is 2.85. The van der Waals surface area contributed by atoms with Gasteiger partial charge in [0.15, 0.2) is 0 Å². The van der Waals surface area contributed by atoms with Crippen LogP contribution in [0.2, 0.25) is 0 Å². The number of nitrogens with zero attached hydrogens (tertiary/aromatic N) is 1. The summed E-state index contributed by atoms with van der Waals surface area (Å²) in [7, 11) is 0. The van der Waals surface area contributed by atoms with E-state index < -0.39 is 0 Å². The molecular weight excluding hydrogens is 255 g/mol. The molecule has 0 radical (unpaired) electrons. The van der Waals surface area contributed by atoms with Gasteiger partial charge in [0.05, 0.1) is 6.04 Å². The first-order valence-corrected chi connectivity index (χ1v) is 7.28. The van der Waals surface area contributed by atoms with Crippen LogP contribution in [0.25, 0.3) is 0 Å². The Hall–Kier alpha value is -1.42. The molecule has 2 N–H and O–H groups in total. The van der Waals surface area contributed by atoms with Crippen molar-refractivity contribution in [1.29, 1.82) is 0 Å². The molecule has 1 aliphatic heterocycles. The normalized spacial score (nSPS) is 23.9. The molecule has 1 amide bonds. The predicted octanol–water partition coefficient (Wildman–Crippen LogP) is 2.86. The van der Waals surface area contributed by atoms with Crippen molar-refractivity contribution in [3.05, 3.63) is 35.6 Å². The molecule has 0 bridgehead atoms. The van der Waals surface area contributed by atoms with E-state index in [1.165, 1.54) is 12.1 Å². The smallest absolute Gasteiger partial charge is 0.223 e. The van der Waals surface area contributed by atoms with E-state index >= 15 is 0 Å². The lowest BCUT2D eigenvalue weighted by Crippen LogP contribution is -2.32. The van der Waals surface area contributed by atoms with Gasteiger partial charge in [-0.25, -0.2) is 4.39 Å². The molecule has 1 saturated heterocycles. The van der Waals surface area contributed by atoms with Crippen LogP contribution in [0.15, 0.2) is 24.3 Å². The molecule has 0 aromatic heterocycles. The van der Waals surface area contributed by atoms with E-state index in [9.17, 15) is 9.18 Å². The molecule has 1 aromatic carbocycles. The maximum absolute atomic E-state index is 13.4. The summed E-state index contributed by atoms with van der Waals surface area (Å²) in [6.07, 6.45) is 2.06. The van der Waals surface area contributed by atoms with Gasteiger partial charge in [0.2, 0.25) is 5.91 Å². The zero-order valence-corrected chi connectivity index (χ0v) is 12.2. The summed E-state index contributed by atoms with van der Waals surface area (Å²) in [6.45, 7) is 4.79. The van der Waals surface area contributed by atoms with Crippen molar-refractivity contribution in [1.82, 2.24) is 4.90 Å². The fourth-order valence-electron chi connectivity index (χ4n) is 2.85. The zero-order valence-electron chi connectivity index (χ0n) is 12.2. The summed E-state index contributed by atoms with van der Waals surface area (Å²) in [6, 6.07) is 6.61. The molecule has 3 nitrogen and oxygen atoms in total. The van der Waals surface area contributed by atoms with Crippen LogP contribution in [0, 0.1) is 11.7 Å². The highest BCUT2D eigenvalue weighted by Gasteiger charge is 2.33. The molecule has 2 rings (SSSR count). The minimum absolute atomic E-state index is 0.00119. The van der Waals surface area contributed by atoms with E-state index in [0.29, 0.717) is 18.8 Å². The van der Waals surface area contributed by atoms with Gasteiger partial charge in [-0.1, -0.05) is 19.1 Å². The van der Waals surface area contributed by atoms with E-state index in [0.717, 1.165) is 18.5 Å². The van der Waals surface area contributed by atoms with Crippen LogP contribution in [0.1, 0.15) is 44.7 Å². The van der Waals surface area contributed by atoms with E-state index in [-0.39, 0.29) is 23.8 Å². The second kappa shape index (κ2) is 6.35. The van der Waals surface area contributed by atoms with Crippen molar-refractivity contribution >= 4 is 5.91 Å². The molecule has 1 fully saturated rings. The summed E-state index contributed by atoms with van der Waals surface area (Å²) in [4.78, 5) is 14.2. The molecule has 3 unspecified atom stereocenters. The van der Waals surface area contributed by atoms with Gasteiger partial charge in [-0.3, -0.25) is 4.79 Å². The number of hydrogen-bond acceptors (Lipinski definition) is 2. The molecule has 3 atom stereocenters. The molecule has 1 aliphatic rings. The number of hydrogen-bond donors (Lipinski definition) is 1. The second-order valence-electron chi connectivity index (χ2n) is 5.97. The van der Waals surface area contributed by atoms with Crippen molar-refractivity contribution < 1.29 is 9.18 Å². The highest BCUT2D eigenvalue weighted by molar-refractivity contribution is 5.77. The standard InChI is InChI=1S/C16H23FN2O/c1-11-8-15(13-4-3-5-14(17)9-13)19(10-11)16(20)7-6-12(2)18/h3-5,9,11-12,15H,6-8,10,18H2,1-2H3. The van der Waals surface area contributed by atoms with E-state index in [4.69, 9.17) is 5.73 Å². The summed E-state index contributed by atoms with van der Waals surface area (Å²) < 4.78 is 13.4. The van der Waals surface area contributed by atoms with Crippen LogP contribution in [-0.2, 0) is 4.79 Å². The topological polar surface area (TPSA) is 46.3 Å². The van der Waals surface area contributed by atoms with Crippen molar-refractivity contribution in [2.45, 2.75) is 45.2 Å². The van der Waals surface area contributed by atoms with Crippen molar-refractivity contribution in [2.24, 2.45) is 11.7 Å². The lowest BCUT2D eigenvalue weighted by Gasteiger charge is -2.25. The molecule has 1 aromatic rings. The third-order valence-corrected chi connectivity index (χ3v) is 3.88. The number of rotatable bonds is 4. The first-order chi connectivity index (χ1) is 9.47. The van der Waals surface area contributed by atoms with Crippen molar-refractivity contribution in [2.75, 3.05) is 6.54 Å². The second-order valence-corrected chi connectivity index (χ2v) is 5.97. The Labute approximate surface area is 120 Å². The molecule has 20 heavy (non-hydrogen) atoms. The Bertz CT molecular complexity index is 475. The number of amides is 1. The largest absolute Gasteiger partial charge is 0.335 e. The molecule has 0 saturated carbocycles. The third kappa shape index (κ3) is 3.57. The lowest BCUT2D eigenvalue weighted by atomic mass is 10.0. The Morgan fingerprint density at radius 1 is 1.55 bits per heavy atom. The van der Waals surface area contributed by atoms with Crippen LogP contribution >= 0.6 is 0 Å². The maximum atomic E-state index is 13.4. The van der Waals surface area contributed by atoms with E-state index in [1.807, 2.05) is 17.9 Å². The minimum atomic E-state index is -0.245. The van der Waals surface area contributed by atoms with Gasteiger partial charge in [0.25, 0.3) is 0 Å². The molecular formula is C16H23FN2O. The van der Waals surface area contributed by atoms with Crippen molar-refractivity contribution in [3.8, 4) is 0 Å².